The topological polar surface area (TPSA) is 63.8 Å². The fraction of sp³-hybridized carbons (Fsp3) is 0.100. The van der Waals surface area contributed by atoms with E-state index in [4.69, 9.17) is 18.0 Å². The first-order valence-corrected chi connectivity index (χ1v) is 5.95. The largest absolute Gasteiger partial charge is 0.388 e. The Bertz CT molecular complexity index is 508. The van der Waals surface area contributed by atoms with E-state index in [0.29, 0.717) is 11.6 Å². The van der Waals surface area contributed by atoms with Gasteiger partial charge in [-0.3, -0.25) is 0 Å². The van der Waals surface area contributed by atoms with Crippen molar-refractivity contribution in [3.8, 4) is 0 Å². The van der Waals surface area contributed by atoms with Gasteiger partial charge in [-0.25, -0.2) is 9.97 Å². The molecule has 2 aromatic heterocycles. The van der Waals surface area contributed by atoms with Crippen LogP contribution in [0, 0.1) is 6.92 Å². The number of thiophene rings is 1. The summed E-state index contributed by atoms with van der Waals surface area (Å²) < 4.78 is 0. The van der Waals surface area contributed by atoms with E-state index in [2.05, 4.69) is 15.3 Å². The lowest BCUT2D eigenvalue weighted by atomic mass is 10.3. The van der Waals surface area contributed by atoms with E-state index >= 15 is 0 Å². The molecule has 0 aliphatic carbocycles. The minimum Gasteiger partial charge on any atom is -0.388 e. The maximum Gasteiger partial charge on any atom is 0.228 e. The smallest absolute Gasteiger partial charge is 0.228 e. The molecule has 0 aliphatic heterocycles. The Hall–Kier alpha value is -1.53. The van der Waals surface area contributed by atoms with E-state index in [0.717, 1.165) is 11.4 Å². The zero-order valence-corrected chi connectivity index (χ0v) is 10.2. The summed E-state index contributed by atoms with van der Waals surface area (Å²) in [5, 5.41) is 7.05. The van der Waals surface area contributed by atoms with Crippen molar-refractivity contribution in [3.63, 3.8) is 0 Å². The summed E-state index contributed by atoms with van der Waals surface area (Å²) >= 11 is 6.50. The quantitative estimate of drug-likeness (QED) is 0.818. The van der Waals surface area contributed by atoms with E-state index in [-0.39, 0.29) is 4.99 Å². The molecular weight excluding hydrogens is 240 g/mol. The molecule has 0 aliphatic rings. The first-order valence-electron chi connectivity index (χ1n) is 4.60. The van der Waals surface area contributed by atoms with Gasteiger partial charge >= 0.3 is 0 Å². The highest BCUT2D eigenvalue weighted by molar-refractivity contribution is 7.80. The number of nitrogens with zero attached hydrogens (tertiary/aromatic N) is 2. The summed E-state index contributed by atoms with van der Waals surface area (Å²) in [5.74, 6) is 0.515. The third kappa shape index (κ3) is 2.53. The molecule has 0 atom stereocenters. The molecule has 0 saturated heterocycles. The highest BCUT2D eigenvalue weighted by atomic mass is 32.1. The predicted octanol–water partition coefficient (Wildman–Crippen LogP) is 2.22. The molecule has 0 unspecified atom stereocenters. The van der Waals surface area contributed by atoms with Crippen LogP contribution in [0.3, 0.4) is 0 Å². The number of nitrogens with two attached hydrogens (primary N) is 1. The van der Waals surface area contributed by atoms with Crippen molar-refractivity contribution in [1.82, 2.24) is 9.97 Å². The maximum absolute atomic E-state index is 5.54. The van der Waals surface area contributed by atoms with Gasteiger partial charge in [0, 0.05) is 11.1 Å². The molecule has 2 rings (SSSR count). The highest BCUT2D eigenvalue weighted by Crippen LogP contribution is 2.16. The molecule has 0 fully saturated rings. The lowest BCUT2D eigenvalue weighted by Crippen LogP contribution is -2.13. The highest BCUT2D eigenvalue weighted by Gasteiger charge is 2.04. The van der Waals surface area contributed by atoms with Gasteiger partial charge in [0.25, 0.3) is 0 Å². The lowest BCUT2D eigenvalue weighted by molar-refractivity contribution is 1.09. The number of thiocarbonyl (C=S) groups is 1. The van der Waals surface area contributed by atoms with Gasteiger partial charge in [0.15, 0.2) is 0 Å². The van der Waals surface area contributed by atoms with E-state index in [1.54, 1.807) is 17.4 Å². The fourth-order valence-corrected chi connectivity index (χ4v) is 1.91. The average Bonchev–Trinajstić information content (AvgIpc) is 2.69. The SMILES string of the molecule is Cc1cc(C(N)=S)nc(Nc2ccsc2)n1. The molecule has 6 heteroatoms. The number of hydrogen-bond acceptors (Lipinski definition) is 5. The molecular formula is C10H10N4S2. The molecule has 2 heterocycles. The summed E-state index contributed by atoms with van der Waals surface area (Å²) in [7, 11) is 0. The van der Waals surface area contributed by atoms with E-state index < -0.39 is 0 Å². The predicted molar refractivity (Wildman–Crippen MR) is 70.3 cm³/mol. The molecule has 0 aromatic carbocycles. The van der Waals surface area contributed by atoms with Crippen LogP contribution >= 0.6 is 23.6 Å². The normalized spacial score (nSPS) is 10.1. The number of aromatic nitrogens is 2. The molecule has 0 bridgehead atoms. The first kappa shape index (κ1) is 11.0. The standard InChI is InChI=1S/C10H10N4S2/c1-6-4-8(9(11)15)14-10(12-6)13-7-2-3-16-5-7/h2-5H,1H3,(H2,11,15)(H,12,13,14). The van der Waals surface area contributed by atoms with Gasteiger partial charge < -0.3 is 11.1 Å². The second-order valence-corrected chi connectivity index (χ2v) is 4.44. The third-order valence-electron chi connectivity index (χ3n) is 1.88. The van der Waals surface area contributed by atoms with Crippen LogP contribution in [0.1, 0.15) is 11.4 Å². The molecule has 16 heavy (non-hydrogen) atoms. The van der Waals surface area contributed by atoms with Crippen molar-refractivity contribution in [2.45, 2.75) is 6.92 Å². The number of rotatable bonds is 3. The molecule has 0 saturated carbocycles. The number of anilines is 2. The van der Waals surface area contributed by atoms with Crippen LogP contribution in [-0.2, 0) is 0 Å². The third-order valence-corrected chi connectivity index (χ3v) is 2.78. The Morgan fingerprint density at radius 1 is 1.50 bits per heavy atom. The van der Waals surface area contributed by atoms with Crippen LogP contribution in [0.15, 0.2) is 22.9 Å². The lowest BCUT2D eigenvalue weighted by Gasteiger charge is -2.05. The van der Waals surface area contributed by atoms with Gasteiger partial charge in [-0.1, -0.05) is 12.2 Å². The summed E-state index contributed by atoms with van der Waals surface area (Å²) in [6.07, 6.45) is 0. The molecule has 2 aromatic rings. The van der Waals surface area contributed by atoms with Crippen molar-refractivity contribution in [2.75, 3.05) is 5.32 Å². The summed E-state index contributed by atoms with van der Waals surface area (Å²) in [6, 6.07) is 3.72. The summed E-state index contributed by atoms with van der Waals surface area (Å²) in [6.45, 7) is 1.88. The van der Waals surface area contributed by atoms with Crippen molar-refractivity contribution >= 4 is 40.2 Å². The summed E-state index contributed by atoms with van der Waals surface area (Å²) in [5.41, 5.74) is 7.92. The Labute approximate surface area is 103 Å². The molecule has 3 N–H and O–H groups in total. The van der Waals surface area contributed by atoms with Crippen molar-refractivity contribution in [3.05, 3.63) is 34.3 Å². The Morgan fingerprint density at radius 2 is 2.31 bits per heavy atom. The van der Waals surface area contributed by atoms with Gasteiger partial charge in [0.1, 0.15) is 10.7 Å². The first-order chi connectivity index (χ1) is 7.65. The van der Waals surface area contributed by atoms with Crippen LogP contribution in [0.4, 0.5) is 11.6 Å². The maximum atomic E-state index is 5.54. The Kier molecular flexibility index (Phi) is 3.12. The minimum absolute atomic E-state index is 0.277. The number of hydrogen-bond donors (Lipinski definition) is 2. The van der Waals surface area contributed by atoms with Gasteiger partial charge in [-0.15, -0.1) is 0 Å². The molecule has 4 nitrogen and oxygen atoms in total. The van der Waals surface area contributed by atoms with Crippen molar-refractivity contribution in [1.29, 1.82) is 0 Å². The van der Waals surface area contributed by atoms with E-state index in [1.165, 1.54) is 0 Å². The van der Waals surface area contributed by atoms with Crippen LogP contribution in [0.5, 0.6) is 0 Å². The Morgan fingerprint density at radius 3 is 2.94 bits per heavy atom. The van der Waals surface area contributed by atoms with Gasteiger partial charge in [-0.05, 0) is 24.4 Å². The van der Waals surface area contributed by atoms with E-state index in [1.807, 2.05) is 23.8 Å². The van der Waals surface area contributed by atoms with Crippen LogP contribution < -0.4 is 11.1 Å². The van der Waals surface area contributed by atoms with Crippen LogP contribution in [-0.4, -0.2) is 15.0 Å². The van der Waals surface area contributed by atoms with Crippen LogP contribution in [0.25, 0.3) is 0 Å². The molecule has 0 radical (unpaired) electrons. The second-order valence-electron chi connectivity index (χ2n) is 3.22. The fourth-order valence-electron chi connectivity index (χ4n) is 1.22. The summed E-state index contributed by atoms with van der Waals surface area (Å²) in [4.78, 5) is 8.76. The Balaban J connectivity index is 2.31. The van der Waals surface area contributed by atoms with E-state index in [9.17, 15) is 0 Å². The van der Waals surface area contributed by atoms with Gasteiger partial charge in [0.2, 0.25) is 5.95 Å². The monoisotopic (exact) mass is 250 g/mol. The molecule has 82 valence electrons. The van der Waals surface area contributed by atoms with Crippen molar-refractivity contribution in [2.24, 2.45) is 5.73 Å². The van der Waals surface area contributed by atoms with Crippen LogP contribution in [0.2, 0.25) is 0 Å². The zero-order valence-electron chi connectivity index (χ0n) is 8.60. The van der Waals surface area contributed by atoms with Crippen molar-refractivity contribution < 1.29 is 0 Å². The zero-order chi connectivity index (χ0) is 11.5. The average molecular weight is 250 g/mol. The second kappa shape index (κ2) is 4.54. The molecule has 0 amide bonds. The van der Waals surface area contributed by atoms with Gasteiger partial charge in [0.05, 0.1) is 5.69 Å². The van der Waals surface area contributed by atoms with Gasteiger partial charge in [-0.2, -0.15) is 11.3 Å². The number of aryl methyl sites for hydroxylation is 1. The minimum atomic E-state index is 0.277. The number of nitrogens with one attached hydrogen (secondary N) is 1. The molecule has 0 spiro atoms.